The van der Waals surface area contributed by atoms with Crippen molar-refractivity contribution < 1.29 is 8.42 Å². The van der Waals surface area contributed by atoms with Crippen LogP contribution in [-0.4, -0.2) is 54.9 Å². The van der Waals surface area contributed by atoms with E-state index in [9.17, 15) is 8.42 Å². The molecule has 2 heterocycles. The Morgan fingerprint density at radius 2 is 1.69 bits per heavy atom. The van der Waals surface area contributed by atoms with Crippen molar-refractivity contribution in [2.75, 3.05) is 42.1 Å². The van der Waals surface area contributed by atoms with Crippen molar-refractivity contribution in [2.45, 2.75) is 20.3 Å². The van der Waals surface area contributed by atoms with E-state index < -0.39 is 10.0 Å². The maximum Gasteiger partial charge on any atom is 0.214 e. The van der Waals surface area contributed by atoms with Crippen LogP contribution in [-0.2, 0) is 10.0 Å². The largest absolute Gasteiger partial charge is 0.352 e. The summed E-state index contributed by atoms with van der Waals surface area (Å²) >= 11 is 0. The first-order valence-corrected chi connectivity index (χ1v) is 10.5. The summed E-state index contributed by atoms with van der Waals surface area (Å²) in [6.45, 7) is 6.17. The fourth-order valence-electron chi connectivity index (χ4n) is 2.93. The lowest BCUT2D eigenvalue weighted by Gasteiger charge is -2.34. The van der Waals surface area contributed by atoms with E-state index in [0.717, 1.165) is 11.5 Å². The SMILES string of the molecule is CCCS(=O)(=O)N1CCN(c2ccc(Nc3ccc(C)cc3)nn2)CC1. The molecule has 1 aromatic heterocycles. The molecule has 1 aliphatic heterocycles. The molecule has 0 unspecified atom stereocenters. The van der Waals surface area contributed by atoms with Crippen LogP contribution in [0.4, 0.5) is 17.3 Å². The summed E-state index contributed by atoms with van der Waals surface area (Å²) in [5, 5.41) is 11.7. The van der Waals surface area contributed by atoms with Crippen LogP contribution in [0.3, 0.4) is 0 Å². The monoisotopic (exact) mass is 375 g/mol. The molecule has 0 radical (unpaired) electrons. The van der Waals surface area contributed by atoms with Gasteiger partial charge in [-0.1, -0.05) is 24.6 Å². The van der Waals surface area contributed by atoms with Crippen molar-refractivity contribution in [1.82, 2.24) is 14.5 Å². The molecule has 1 saturated heterocycles. The van der Waals surface area contributed by atoms with Crippen molar-refractivity contribution >= 4 is 27.3 Å². The van der Waals surface area contributed by atoms with Gasteiger partial charge in [0.2, 0.25) is 10.0 Å². The molecule has 3 rings (SSSR count). The predicted molar refractivity (Wildman–Crippen MR) is 104 cm³/mol. The Labute approximate surface area is 155 Å². The molecule has 0 aliphatic carbocycles. The Balaban J connectivity index is 1.59. The molecule has 0 atom stereocenters. The van der Waals surface area contributed by atoms with Gasteiger partial charge < -0.3 is 10.2 Å². The van der Waals surface area contributed by atoms with Crippen LogP contribution in [0.25, 0.3) is 0 Å². The van der Waals surface area contributed by atoms with E-state index in [1.165, 1.54) is 5.56 Å². The standard InChI is InChI=1S/C18H25N5O2S/c1-3-14-26(24,25)23-12-10-22(11-13-23)18-9-8-17(20-21-18)19-16-6-4-15(2)5-7-16/h4-9H,3,10-14H2,1-2H3,(H,19,20). The molecule has 1 aromatic carbocycles. The maximum atomic E-state index is 12.1. The van der Waals surface area contributed by atoms with Gasteiger partial charge in [-0.05, 0) is 37.6 Å². The Hall–Kier alpha value is -2.19. The molecule has 0 amide bonds. The number of benzene rings is 1. The van der Waals surface area contributed by atoms with Gasteiger partial charge in [-0.25, -0.2) is 8.42 Å². The van der Waals surface area contributed by atoms with E-state index in [2.05, 4.69) is 20.4 Å². The first-order chi connectivity index (χ1) is 12.5. The molecular formula is C18H25N5O2S. The smallest absolute Gasteiger partial charge is 0.214 e. The number of aromatic nitrogens is 2. The molecule has 1 fully saturated rings. The number of anilines is 3. The molecule has 2 aromatic rings. The highest BCUT2D eigenvalue weighted by Crippen LogP contribution is 2.19. The third-order valence-electron chi connectivity index (χ3n) is 4.39. The van der Waals surface area contributed by atoms with Gasteiger partial charge in [-0.2, -0.15) is 4.31 Å². The summed E-state index contributed by atoms with van der Waals surface area (Å²) in [4.78, 5) is 2.07. The van der Waals surface area contributed by atoms with Gasteiger partial charge in [0.15, 0.2) is 11.6 Å². The second-order valence-electron chi connectivity index (χ2n) is 6.47. The highest BCUT2D eigenvalue weighted by molar-refractivity contribution is 7.89. The topological polar surface area (TPSA) is 78.4 Å². The van der Waals surface area contributed by atoms with Crippen LogP contribution in [0.15, 0.2) is 36.4 Å². The second-order valence-corrected chi connectivity index (χ2v) is 8.56. The molecule has 26 heavy (non-hydrogen) atoms. The summed E-state index contributed by atoms with van der Waals surface area (Å²) in [5.41, 5.74) is 2.17. The van der Waals surface area contributed by atoms with Crippen LogP contribution in [0.2, 0.25) is 0 Å². The Kier molecular flexibility index (Phi) is 5.73. The normalized spacial score (nSPS) is 15.8. The molecule has 0 bridgehead atoms. The lowest BCUT2D eigenvalue weighted by atomic mass is 10.2. The molecular weight excluding hydrogens is 350 g/mol. The Bertz CT molecular complexity index is 814. The number of rotatable bonds is 6. The van der Waals surface area contributed by atoms with Gasteiger partial charge in [-0.3, -0.25) is 0 Å². The average Bonchev–Trinajstić information content (AvgIpc) is 2.64. The van der Waals surface area contributed by atoms with E-state index in [1.54, 1.807) is 4.31 Å². The average molecular weight is 375 g/mol. The van der Waals surface area contributed by atoms with E-state index >= 15 is 0 Å². The summed E-state index contributed by atoms with van der Waals surface area (Å²) in [7, 11) is -3.12. The van der Waals surface area contributed by atoms with Crippen LogP contribution >= 0.6 is 0 Å². The number of aryl methyl sites for hydroxylation is 1. The predicted octanol–water partition coefficient (Wildman–Crippen LogP) is 2.39. The molecule has 8 heteroatoms. The summed E-state index contributed by atoms with van der Waals surface area (Å²) in [6.07, 6.45) is 0.642. The van der Waals surface area contributed by atoms with Gasteiger partial charge in [0, 0.05) is 31.9 Å². The molecule has 140 valence electrons. The maximum absolute atomic E-state index is 12.1. The number of sulfonamides is 1. The fraction of sp³-hybridized carbons (Fsp3) is 0.444. The van der Waals surface area contributed by atoms with Gasteiger partial charge in [-0.15, -0.1) is 10.2 Å². The van der Waals surface area contributed by atoms with Crippen molar-refractivity contribution in [3.8, 4) is 0 Å². The molecule has 1 N–H and O–H groups in total. The third-order valence-corrected chi connectivity index (χ3v) is 6.47. The zero-order chi connectivity index (χ0) is 18.6. The van der Waals surface area contributed by atoms with E-state index in [-0.39, 0.29) is 5.75 Å². The zero-order valence-corrected chi connectivity index (χ0v) is 16.0. The summed E-state index contributed by atoms with van der Waals surface area (Å²) < 4.78 is 25.9. The van der Waals surface area contributed by atoms with Crippen LogP contribution in [0, 0.1) is 6.92 Å². The van der Waals surface area contributed by atoms with Crippen molar-refractivity contribution in [3.63, 3.8) is 0 Å². The number of nitrogens with one attached hydrogen (secondary N) is 1. The molecule has 7 nitrogen and oxygen atoms in total. The number of nitrogens with zero attached hydrogens (tertiary/aromatic N) is 4. The first kappa shape index (κ1) is 18.6. The minimum atomic E-state index is -3.12. The van der Waals surface area contributed by atoms with Crippen LogP contribution in [0.5, 0.6) is 0 Å². The van der Waals surface area contributed by atoms with E-state index in [0.29, 0.717) is 38.4 Å². The lowest BCUT2D eigenvalue weighted by Crippen LogP contribution is -2.49. The van der Waals surface area contributed by atoms with Gasteiger partial charge >= 0.3 is 0 Å². The minimum absolute atomic E-state index is 0.214. The van der Waals surface area contributed by atoms with Crippen molar-refractivity contribution in [3.05, 3.63) is 42.0 Å². The van der Waals surface area contributed by atoms with Gasteiger partial charge in [0.1, 0.15) is 0 Å². The van der Waals surface area contributed by atoms with E-state index in [4.69, 9.17) is 0 Å². The number of hydrogen-bond acceptors (Lipinski definition) is 6. The highest BCUT2D eigenvalue weighted by atomic mass is 32.2. The van der Waals surface area contributed by atoms with Crippen LogP contribution in [0.1, 0.15) is 18.9 Å². The first-order valence-electron chi connectivity index (χ1n) is 8.88. The van der Waals surface area contributed by atoms with Crippen LogP contribution < -0.4 is 10.2 Å². The Morgan fingerprint density at radius 3 is 2.27 bits per heavy atom. The van der Waals surface area contributed by atoms with Crippen molar-refractivity contribution in [1.29, 1.82) is 0 Å². The molecule has 1 aliphatic rings. The quantitative estimate of drug-likeness (QED) is 0.835. The molecule has 0 saturated carbocycles. The molecule has 0 spiro atoms. The Morgan fingerprint density at radius 1 is 1.00 bits per heavy atom. The zero-order valence-electron chi connectivity index (χ0n) is 15.2. The van der Waals surface area contributed by atoms with Gasteiger partial charge in [0.25, 0.3) is 0 Å². The fourth-order valence-corrected chi connectivity index (χ4v) is 4.42. The highest BCUT2D eigenvalue weighted by Gasteiger charge is 2.26. The minimum Gasteiger partial charge on any atom is -0.352 e. The van der Waals surface area contributed by atoms with Gasteiger partial charge in [0.05, 0.1) is 5.75 Å². The third kappa shape index (κ3) is 4.50. The summed E-state index contributed by atoms with van der Waals surface area (Å²) in [5.74, 6) is 1.67. The number of piperazine rings is 1. The summed E-state index contributed by atoms with van der Waals surface area (Å²) in [6, 6.07) is 11.9. The van der Waals surface area contributed by atoms with Crippen molar-refractivity contribution in [2.24, 2.45) is 0 Å². The van der Waals surface area contributed by atoms with E-state index in [1.807, 2.05) is 50.2 Å². The lowest BCUT2D eigenvalue weighted by molar-refractivity contribution is 0.383. The second kappa shape index (κ2) is 8.01. The number of hydrogen-bond donors (Lipinski definition) is 1.